The zero-order chi connectivity index (χ0) is 17.3. The van der Waals surface area contributed by atoms with Crippen molar-refractivity contribution in [3.05, 3.63) is 59.0 Å². The summed E-state index contributed by atoms with van der Waals surface area (Å²) in [4.78, 5) is 8.65. The van der Waals surface area contributed by atoms with Crippen molar-refractivity contribution in [3.8, 4) is 5.75 Å². The molecule has 0 atom stereocenters. The summed E-state index contributed by atoms with van der Waals surface area (Å²) in [5, 5.41) is 1.05. The molecule has 0 aliphatic heterocycles. The van der Waals surface area contributed by atoms with Crippen LogP contribution in [0.4, 0.5) is 5.69 Å². The van der Waals surface area contributed by atoms with Gasteiger partial charge in [-0.25, -0.2) is 9.97 Å². The number of halogens is 1. The molecule has 0 fully saturated rings. The van der Waals surface area contributed by atoms with Gasteiger partial charge in [0, 0.05) is 17.5 Å². The number of fused-ring (bicyclic) bond motifs is 1. The molecule has 4 nitrogen and oxygen atoms in total. The van der Waals surface area contributed by atoms with Crippen LogP contribution in [0.2, 0.25) is 5.28 Å². The Bertz CT molecular complexity index is 876. The van der Waals surface area contributed by atoms with Crippen LogP contribution in [0.1, 0.15) is 25.1 Å². The Morgan fingerprint density at radius 2 is 1.79 bits per heavy atom. The minimum atomic E-state index is -0.470. The van der Waals surface area contributed by atoms with Crippen molar-refractivity contribution in [3.63, 3.8) is 0 Å². The predicted molar refractivity (Wildman–Crippen MR) is 98.6 cm³/mol. The van der Waals surface area contributed by atoms with E-state index in [1.165, 1.54) is 5.56 Å². The van der Waals surface area contributed by atoms with Gasteiger partial charge in [-0.15, -0.1) is 0 Å². The smallest absolute Gasteiger partial charge is 0.223 e. The number of hydrogen-bond acceptors (Lipinski definition) is 4. The van der Waals surface area contributed by atoms with E-state index in [9.17, 15) is 0 Å². The summed E-state index contributed by atoms with van der Waals surface area (Å²) >= 11 is 6.08. The molecule has 1 aromatic heterocycles. The molecule has 0 saturated heterocycles. The van der Waals surface area contributed by atoms with Gasteiger partial charge in [-0.1, -0.05) is 23.8 Å². The molecule has 2 N–H and O–H groups in total. The molecule has 0 saturated carbocycles. The van der Waals surface area contributed by atoms with Gasteiger partial charge in [0.1, 0.15) is 11.4 Å². The third kappa shape index (κ3) is 3.60. The molecule has 0 spiro atoms. The number of hydrogen-bond donors (Lipinski definition) is 1. The van der Waals surface area contributed by atoms with E-state index in [4.69, 9.17) is 22.1 Å². The fraction of sp³-hybridized carbons (Fsp3) is 0.263. The molecule has 0 radical (unpaired) electrons. The first kappa shape index (κ1) is 16.5. The van der Waals surface area contributed by atoms with Gasteiger partial charge in [0.05, 0.1) is 11.2 Å². The minimum absolute atomic E-state index is 0.217. The topological polar surface area (TPSA) is 61.0 Å². The van der Waals surface area contributed by atoms with E-state index in [-0.39, 0.29) is 5.28 Å². The molecule has 0 aliphatic carbocycles. The fourth-order valence-electron chi connectivity index (χ4n) is 2.75. The first-order chi connectivity index (χ1) is 11.3. The van der Waals surface area contributed by atoms with Crippen LogP contribution in [0, 0.1) is 6.92 Å². The maximum Gasteiger partial charge on any atom is 0.223 e. The first-order valence-corrected chi connectivity index (χ1v) is 8.18. The molecule has 124 valence electrons. The number of benzene rings is 2. The second-order valence-electron chi connectivity index (χ2n) is 6.53. The third-order valence-corrected chi connectivity index (χ3v) is 3.98. The van der Waals surface area contributed by atoms with Gasteiger partial charge < -0.3 is 10.5 Å². The Morgan fingerprint density at radius 3 is 2.50 bits per heavy atom. The molecule has 1 heterocycles. The summed E-state index contributed by atoms with van der Waals surface area (Å²) in [6.45, 7) is 6.09. The second kappa shape index (κ2) is 6.29. The van der Waals surface area contributed by atoms with Gasteiger partial charge in [0.15, 0.2) is 0 Å². The van der Waals surface area contributed by atoms with Crippen LogP contribution in [0.5, 0.6) is 5.75 Å². The van der Waals surface area contributed by atoms with Crippen molar-refractivity contribution >= 4 is 28.2 Å². The largest absolute Gasteiger partial charge is 0.487 e. The number of nitrogens with zero attached hydrogens (tertiary/aromatic N) is 2. The standard InChI is InChI=1S/C19H20ClN3O/c1-12-7-9-13(10-8-12)24-19(2,3)11-16-17-14(21)5-4-6-15(17)22-18(20)23-16/h4-10H,11,21H2,1-3H3. The molecule has 2 aromatic carbocycles. The van der Waals surface area contributed by atoms with Gasteiger partial charge >= 0.3 is 0 Å². The van der Waals surface area contributed by atoms with E-state index in [1.54, 1.807) is 0 Å². The molecular formula is C19H20ClN3O. The Morgan fingerprint density at radius 1 is 1.08 bits per heavy atom. The minimum Gasteiger partial charge on any atom is -0.487 e. The quantitative estimate of drug-likeness (QED) is 0.557. The molecular weight excluding hydrogens is 322 g/mol. The van der Waals surface area contributed by atoms with Gasteiger partial charge in [-0.2, -0.15) is 0 Å². The SMILES string of the molecule is Cc1ccc(OC(C)(C)Cc2nc(Cl)nc3cccc(N)c23)cc1. The van der Waals surface area contributed by atoms with E-state index in [2.05, 4.69) is 9.97 Å². The lowest BCUT2D eigenvalue weighted by atomic mass is 9.98. The van der Waals surface area contributed by atoms with Crippen molar-refractivity contribution < 1.29 is 4.74 Å². The second-order valence-corrected chi connectivity index (χ2v) is 6.87. The lowest BCUT2D eigenvalue weighted by Crippen LogP contribution is -2.31. The summed E-state index contributed by atoms with van der Waals surface area (Å²) in [6.07, 6.45) is 0.563. The first-order valence-electron chi connectivity index (χ1n) is 7.80. The Balaban J connectivity index is 1.94. The highest BCUT2D eigenvalue weighted by Crippen LogP contribution is 2.28. The van der Waals surface area contributed by atoms with Crippen LogP contribution in [0.15, 0.2) is 42.5 Å². The van der Waals surface area contributed by atoms with Crippen LogP contribution in [-0.2, 0) is 6.42 Å². The number of anilines is 1. The average Bonchev–Trinajstić information content (AvgIpc) is 2.48. The molecule has 0 bridgehead atoms. The Kier molecular flexibility index (Phi) is 4.33. The van der Waals surface area contributed by atoms with Crippen molar-refractivity contribution in [1.29, 1.82) is 0 Å². The number of aromatic nitrogens is 2. The van der Waals surface area contributed by atoms with Crippen LogP contribution in [-0.4, -0.2) is 15.6 Å². The predicted octanol–water partition coefficient (Wildman–Crippen LogP) is 4.57. The van der Waals surface area contributed by atoms with Crippen molar-refractivity contribution in [2.75, 3.05) is 5.73 Å². The zero-order valence-electron chi connectivity index (χ0n) is 14.0. The van der Waals surface area contributed by atoms with Gasteiger partial charge in [0.25, 0.3) is 0 Å². The van der Waals surface area contributed by atoms with Gasteiger partial charge in [-0.3, -0.25) is 0 Å². The molecule has 0 unspecified atom stereocenters. The van der Waals surface area contributed by atoms with Crippen LogP contribution >= 0.6 is 11.6 Å². The van der Waals surface area contributed by atoms with Crippen molar-refractivity contribution in [1.82, 2.24) is 9.97 Å². The molecule has 3 rings (SSSR count). The highest BCUT2D eigenvalue weighted by atomic mass is 35.5. The summed E-state index contributed by atoms with van der Waals surface area (Å²) < 4.78 is 6.15. The zero-order valence-corrected chi connectivity index (χ0v) is 14.8. The molecule has 0 aliphatic rings. The number of nitrogen functional groups attached to an aromatic ring is 1. The molecule has 3 aromatic rings. The van der Waals surface area contributed by atoms with Crippen LogP contribution in [0.25, 0.3) is 10.9 Å². The molecule has 0 amide bonds. The van der Waals surface area contributed by atoms with E-state index in [0.29, 0.717) is 12.1 Å². The Labute approximate surface area is 146 Å². The van der Waals surface area contributed by atoms with E-state index in [0.717, 1.165) is 22.3 Å². The third-order valence-electron chi connectivity index (χ3n) is 3.81. The molecule has 5 heteroatoms. The van der Waals surface area contributed by atoms with Crippen LogP contribution in [0.3, 0.4) is 0 Å². The molecule has 24 heavy (non-hydrogen) atoms. The highest BCUT2D eigenvalue weighted by Gasteiger charge is 2.24. The Hall–Kier alpha value is -2.33. The average molecular weight is 342 g/mol. The normalized spacial score (nSPS) is 11.7. The summed E-state index contributed by atoms with van der Waals surface area (Å²) in [7, 11) is 0. The maximum absolute atomic E-state index is 6.15. The summed E-state index contributed by atoms with van der Waals surface area (Å²) in [5.74, 6) is 0.822. The van der Waals surface area contributed by atoms with Crippen LogP contribution < -0.4 is 10.5 Å². The highest BCUT2D eigenvalue weighted by molar-refractivity contribution is 6.28. The lowest BCUT2D eigenvalue weighted by molar-refractivity contribution is 0.109. The van der Waals surface area contributed by atoms with E-state index >= 15 is 0 Å². The fourth-order valence-corrected chi connectivity index (χ4v) is 2.94. The summed E-state index contributed by atoms with van der Waals surface area (Å²) in [6, 6.07) is 13.6. The van der Waals surface area contributed by atoms with E-state index < -0.39 is 5.60 Å². The maximum atomic E-state index is 6.15. The number of nitrogens with two attached hydrogens (primary N) is 1. The number of aryl methyl sites for hydroxylation is 1. The van der Waals surface area contributed by atoms with Crippen molar-refractivity contribution in [2.24, 2.45) is 0 Å². The number of rotatable bonds is 4. The monoisotopic (exact) mass is 341 g/mol. The number of ether oxygens (including phenoxy) is 1. The van der Waals surface area contributed by atoms with Crippen molar-refractivity contribution in [2.45, 2.75) is 32.8 Å². The van der Waals surface area contributed by atoms with E-state index in [1.807, 2.05) is 63.2 Å². The van der Waals surface area contributed by atoms with Gasteiger partial charge in [0.2, 0.25) is 5.28 Å². The summed E-state index contributed by atoms with van der Waals surface area (Å²) in [5.41, 5.74) is 9.04. The van der Waals surface area contributed by atoms with Gasteiger partial charge in [-0.05, 0) is 56.6 Å². The lowest BCUT2D eigenvalue weighted by Gasteiger charge is -2.27.